The Labute approximate surface area is 198 Å². The average Bonchev–Trinajstić information content (AvgIpc) is 2.86. The lowest BCUT2D eigenvalue weighted by Crippen LogP contribution is -2.76. The van der Waals surface area contributed by atoms with Gasteiger partial charge in [0.2, 0.25) is 5.91 Å². The summed E-state index contributed by atoms with van der Waals surface area (Å²) in [5.41, 5.74) is 1.14. The number of hydrogen-bond donors (Lipinski definition) is 1. The van der Waals surface area contributed by atoms with Crippen LogP contribution in [-0.4, -0.2) is 60.7 Å². The smallest absolute Gasteiger partial charge is 0.408 e. The first-order valence-electron chi connectivity index (χ1n) is 10.9. The van der Waals surface area contributed by atoms with E-state index < -0.39 is 42.1 Å². The quantitative estimate of drug-likeness (QED) is 0.342. The van der Waals surface area contributed by atoms with E-state index in [1.54, 1.807) is 56.3 Å². The summed E-state index contributed by atoms with van der Waals surface area (Å²) in [5, 5.41) is 2.53. The third kappa shape index (κ3) is 5.72. The predicted octanol–water partition coefficient (Wildman–Crippen LogP) is 2.55. The molecule has 1 fully saturated rings. The van der Waals surface area contributed by atoms with Gasteiger partial charge in [0, 0.05) is 0 Å². The molecule has 1 aliphatic rings. The lowest BCUT2D eigenvalue weighted by Gasteiger charge is -2.50. The Kier molecular flexibility index (Phi) is 8.24. The van der Waals surface area contributed by atoms with Crippen LogP contribution in [0.5, 0.6) is 0 Å². The molecule has 1 N–H and O–H groups in total. The van der Waals surface area contributed by atoms with E-state index >= 15 is 0 Å². The zero-order valence-electron chi connectivity index (χ0n) is 19.3. The van der Waals surface area contributed by atoms with Crippen LogP contribution < -0.4 is 5.32 Å². The second kappa shape index (κ2) is 11.3. The number of carbonyl (C=O) groups excluding carboxylic acids is 4. The molecule has 3 atom stereocenters. The normalized spacial score (nSPS) is 18.0. The number of likely N-dealkylation sites (tertiary alicyclic amines) is 1. The highest BCUT2D eigenvalue weighted by Crippen LogP contribution is 2.28. The Morgan fingerprint density at radius 2 is 1.59 bits per heavy atom. The molecule has 9 heteroatoms. The summed E-state index contributed by atoms with van der Waals surface area (Å²) in [6.45, 7) is 3.36. The highest BCUT2D eigenvalue weighted by molar-refractivity contribution is 5.96. The van der Waals surface area contributed by atoms with E-state index in [2.05, 4.69) is 5.32 Å². The van der Waals surface area contributed by atoms with Gasteiger partial charge in [-0.25, -0.2) is 14.4 Å². The van der Waals surface area contributed by atoms with Crippen molar-refractivity contribution >= 4 is 23.9 Å². The molecule has 180 valence electrons. The average molecular weight is 469 g/mol. The van der Waals surface area contributed by atoms with E-state index in [4.69, 9.17) is 14.2 Å². The molecule has 1 saturated heterocycles. The first-order valence-corrected chi connectivity index (χ1v) is 10.9. The van der Waals surface area contributed by atoms with Crippen molar-refractivity contribution in [2.75, 3.05) is 13.7 Å². The van der Waals surface area contributed by atoms with Gasteiger partial charge in [0.25, 0.3) is 0 Å². The third-order valence-electron chi connectivity index (χ3n) is 5.52. The Balaban J connectivity index is 1.71. The van der Waals surface area contributed by atoms with Gasteiger partial charge >= 0.3 is 18.0 Å². The molecule has 1 aliphatic heterocycles. The van der Waals surface area contributed by atoms with Gasteiger partial charge in [-0.3, -0.25) is 4.79 Å². The van der Waals surface area contributed by atoms with Crippen molar-refractivity contribution in [3.05, 3.63) is 71.8 Å². The summed E-state index contributed by atoms with van der Waals surface area (Å²) >= 11 is 0. The van der Waals surface area contributed by atoms with E-state index in [1.165, 1.54) is 12.0 Å². The Hall–Kier alpha value is -3.88. The number of β-lactam (4-membered cyclic amide) rings is 1. The molecule has 2 amide bonds. The molecule has 34 heavy (non-hydrogen) atoms. The zero-order chi connectivity index (χ0) is 24.7. The van der Waals surface area contributed by atoms with Crippen LogP contribution in [0.15, 0.2) is 60.7 Å². The largest absolute Gasteiger partial charge is 0.467 e. The first-order chi connectivity index (χ1) is 16.3. The van der Waals surface area contributed by atoms with Crippen molar-refractivity contribution in [2.24, 2.45) is 5.92 Å². The van der Waals surface area contributed by atoms with E-state index in [1.807, 2.05) is 18.2 Å². The fourth-order valence-electron chi connectivity index (χ4n) is 3.78. The van der Waals surface area contributed by atoms with Gasteiger partial charge in [-0.2, -0.15) is 0 Å². The number of methoxy groups -OCH3 is 1. The maximum atomic E-state index is 13.0. The number of benzene rings is 2. The molecule has 2 aromatic carbocycles. The van der Waals surface area contributed by atoms with Crippen LogP contribution in [0.4, 0.5) is 4.79 Å². The minimum Gasteiger partial charge on any atom is -0.467 e. The van der Waals surface area contributed by atoms with E-state index in [-0.39, 0.29) is 19.1 Å². The monoisotopic (exact) mass is 468 g/mol. The summed E-state index contributed by atoms with van der Waals surface area (Å²) < 4.78 is 15.5. The standard InChI is InChI=1S/C25H28N2O7/c1-16(2)21(24(30)32-3)27-19(15-33-23(29)18-12-8-5-9-13-18)20(22(27)28)26-25(31)34-14-17-10-6-4-7-11-17/h4-13,16,19-21H,14-15H2,1-3H3,(H,26,31)/t19-,20+,21+/m1/s1. The highest BCUT2D eigenvalue weighted by Gasteiger charge is 2.54. The van der Waals surface area contributed by atoms with Gasteiger partial charge in [-0.15, -0.1) is 0 Å². The maximum absolute atomic E-state index is 13.0. The van der Waals surface area contributed by atoms with Crippen LogP contribution in [0.3, 0.4) is 0 Å². The summed E-state index contributed by atoms with van der Waals surface area (Å²) in [5.74, 6) is -1.92. The molecule has 0 aromatic heterocycles. The van der Waals surface area contributed by atoms with Crippen LogP contribution in [0.25, 0.3) is 0 Å². The van der Waals surface area contributed by atoms with E-state index in [9.17, 15) is 19.2 Å². The van der Waals surface area contributed by atoms with Crippen molar-refractivity contribution in [3.63, 3.8) is 0 Å². The van der Waals surface area contributed by atoms with E-state index in [0.717, 1.165) is 5.56 Å². The number of esters is 2. The van der Waals surface area contributed by atoms with Crippen molar-refractivity contribution in [3.8, 4) is 0 Å². The third-order valence-corrected chi connectivity index (χ3v) is 5.52. The lowest BCUT2D eigenvalue weighted by molar-refractivity contribution is -0.171. The highest BCUT2D eigenvalue weighted by atomic mass is 16.6. The molecular weight excluding hydrogens is 440 g/mol. The van der Waals surface area contributed by atoms with Gasteiger partial charge in [-0.05, 0) is 23.6 Å². The number of ether oxygens (including phenoxy) is 3. The van der Waals surface area contributed by atoms with Crippen LogP contribution in [-0.2, 0) is 30.4 Å². The molecular formula is C25H28N2O7. The van der Waals surface area contributed by atoms with Crippen LogP contribution in [0, 0.1) is 5.92 Å². The molecule has 0 unspecified atom stereocenters. The Morgan fingerprint density at radius 3 is 2.18 bits per heavy atom. The van der Waals surface area contributed by atoms with Crippen LogP contribution in [0.2, 0.25) is 0 Å². The van der Waals surface area contributed by atoms with Crippen molar-refractivity contribution in [2.45, 2.75) is 38.6 Å². The SMILES string of the molecule is COC(=O)[C@H](C(C)C)N1C(=O)[C@@H](NC(=O)OCc2ccccc2)[C@H]1COC(=O)c1ccccc1. The van der Waals surface area contributed by atoms with Crippen molar-refractivity contribution < 1.29 is 33.4 Å². The maximum Gasteiger partial charge on any atom is 0.408 e. The summed E-state index contributed by atoms with van der Waals surface area (Å²) in [7, 11) is 1.24. The van der Waals surface area contributed by atoms with Crippen molar-refractivity contribution in [1.82, 2.24) is 10.2 Å². The minimum absolute atomic E-state index is 0.0295. The van der Waals surface area contributed by atoms with Gasteiger partial charge < -0.3 is 24.4 Å². The second-order valence-corrected chi connectivity index (χ2v) is 8.17. The second-order valence-electron chi connectivity index (χ2n) is 8.17. The number of hydrogen-bond acceptors (Lipinski definition) is 7. The fraction of sp³-hybridized carbons (Fsp3) is 0.360. The number of amides is 2. The molecule has 2 aromatic rings. The van der Waals surface area contributed by atoms with Crippen LogP contribution >= 0.6 is 0 Å². The molecule has 3 rings (SSSR count). The Bertz CT molecular complexity index is 1010. The Morgan fingerprint density at radius 1 is 0.971 bits per heavy atom. The molecule has 0 radical (unpaired) electrons. The molecule has 0 saturated carbocycles. The summed E-state index contributed by atoms with van der Waals surface area (Å²) in [4.78, 5) is 51.5. The molecule has 0 aliphatic carbocycles. The summed E-state index contributed by atoms with van der Waals surface area (Å²) in [6.07, 6.45) is -0.791. The summed E-state index contributed by atoms with van der Waals surface area (Å²) in [6, 6.07) is 14.8. The number of carbonyl (C=O) groups is 4. The predicted molar refractivity (Wildman–Crippen MR) is 122 cm³/mol. The molecule has 0 spiro atoms. The molecule has 0 bridgehead atoms. The number of nitrogens with one attached hydrogen (secondary N) is 1. The number of rotatable bonds is 9. The van der Waals surface area contributed by atoms with Gasteiger partial charge in [0.05, 0.1) is 18.7 Å². The fourth-order valence-corrected chi connectivity index (χ4v) is 3.78. The van der Waals surface area contributed by atoms with Gasteiger partial charge in [-0.1, -0.05) is 62.4 Å². The molecule has 9 nitrogen and oxygen atoms in total. The van der Waals surface area contributed by atoms with Crippen molar-refractivity contribution in [1.29, 1.82) is 0 Å². The topological polar surface area (TPSA) is 111 Å². The van der Waals surface area contributed by atoms with E-state index in [0.29, 0.717) is 5.56 Å². The van der Waals surface area contributed by atoms with Gasteiger partial charge in [0.15, 0.2) is 0 Å². The first kappa shape index (κ1) is 24.8. The number of alkyl carbamates (subject to hydrolysis) is 1. The van der Waals surface area contributed by atoms with Gasteiger partial charge in [0.1, 0.15) is 25.3 Å². The van der Waals surface area contributed by atoms with Crippen LogP contribution in [0.1, 0.15) is 29.8 Å². The molecule has 1 heterocycles. The minimum atomic E-state index is -1.02. The zero-order valence-corrected chi connectivity index (χ0v) is 19.3. The lowest BCUT2D eigenvalue weighted by atomic mass is 9.89. The number of nitrogens with zero attached hydrogens (tertiary/aromatic N) is 1.